The summed E-state index contributed by atoms with van der Waals surface area (Å²) < 4.78 is 6.34. The Labute approximate surface area is 121 Å². The van der Waals surface area contributed by atoms with Crippen LogP contribution in [-0.2, 0) is 6.42 Å². The van der Waals surface area contributed by atoms with E-state index in [1.807, 2.05) is 53.9 Å². The van der Waals surface area contributed by atoms with E-state index >= 15 is 0 Å². The number of hydrogen-bond donors (Lipinski definition) is 0. The Morgan fingerprint density at radius 1 is 1.15 bits per heavy atom. The minimum atomic E-state index is 0.149. The number of carbonyl (C=O) groups is 1. The lowest BCUT2D eigenvalue weighted by Gasteiger charge is -2.04. The zero-order valence-electron chi connectivity index (χ0n) is 11.1. The molecular formula is C17H14O2S. The molecular weight excluding hydrogens is 268 g/mol. The summed E-state index contributed by atoms with van der Waals surface area (Å²) in [5.74, 6) is 0.932. The van der Waals surface area contributed by atoms with Crippen LogP contribution >= 0.6 is 11.3 Å². The van der Waals surface area contributed by atoms with Crippen LogP contribution in [0.2, 0.25) is 0 Å². The molecule has 0 bridgehead atoms. The number of hydrogen-bond acceptors (Lipinski definition) is 3. The predicted molar refractivity (Wildman–Crippen MR) is 82.9 cm³/mol. The van der Waals surface area contributed by atoms with E-state index in [0.29, 0.717) is 6.42 Å². The number of carbonyl (C=O) groups excluding carboxylic acids is 1. The number of fused-ring (bicyclic) bond motifs is 1. The van der Waals surface area contributed by atoms with Crippen LogP contribution in [0.1, 0.15) is 15.9 Å². The second-order valence-corrected chi connectivity index (χ2v) is 5.51. The lowest BCUT2D eigenvalue weighted by Crippen LogP contribution is -2.02. The van der Waals surface area contributed by atoms with Crippen LogP contribution in [0.4, 0.5) is 0 Å². The minimum Gasteiger partial charge on any atom is -0.497 e. The monoisotopic (exact) mass is 282 g/mol. The van der Waals surface area contributed by atoms with Gasteiger partial charge in [0.25, 0.3) is 0 Å². The van der Waals surface area contributed by atoms with Gasteiger partial charge in [-0.05, 0) is 23.8 Å². The molecule has 0 aliphatic rings. The van der Waals surface area contributed by atoms with Crippen molar-refractivity contribution < 1.29 is 9.53 Å². The van der Waals surface area contributed by atoms with Crippen molar-refractivity contribution in [2.24, 2.45) is 0 Å². The van der Waals surface area contributed by atoms with E-state index in [2.05, 4.69) is 0 Å². The number of Topliss-reactive ketones (excluding diaryl/α,β-unsaturated/α-hetero) is 1. The zero-order valence-corrected chi connectivity index (χ0v) is 11.9. The number of ether oxygens (including phenoxy) is 1. The summed E-state index contributed by atoms with van der Waals surface area (Å²) in [6, 6.07) is 15.7. The smallest absolute Gasteiger partial charge is 0.168 e. The number of thiophene rings is 1. The maximum absolute atomic E-state index is 12.5. The van der Waals surface area contributed by atoms with Gasteiger partial charge in [-0.2, -0.15) is 0 Å². The highest BCUT2D eigenvalue weighted by Gasteiger charge is 2.12. The lowest BCUT2D eigenvalue weighted by molar-refractivity contribution is 0.0995. The summed E-state index contributed by atoms with van der Waals surface area (Å²) >= 11 is 1.61. The Kier molecular flexibility index (Phi) is 3.52. The van der Waals surface area contributed by atoms with Gasteiger partial charge in [0.2, 0.25) is 0 Å². The van der Waals surface area contributed by atoms with Gasteiger partial charge >= 0.3 is 0 Å². The standard InChI is InChI=1S/C17H14O2S/c1-19-13-6-4-5-12(9-13)10-16(18)15-11-20-17-8-3-2-7-14(15)17/h2-9,11H,10H2,1H3. The molecule has 0 fully saturated rings. The molecule has 0 unspecified atom stereocenters. The highest BCUT2D eigenvalue weighted by atomic mass is 32.1. The molecule has 3 aromatic rings. The van der Waals surface area contributed by atoms with Gasteiger partial charge in [-0.15, -0.1) is 11.3 Å². The summed E-state index contributed by atoms with van der Waals surface area (Å²) in [6.07, 6.45) is 0.401. The Bertz CT molecular complexity index is 758. The van der Waals surface area contributed by atoms with E-state index in [9.17, 15) is 4.79 Å². The molecule has 0 aliphatic heterocycles. The first-order valence-electron chi connectivity index (χ1n) is 6.40. The maximum atomic E-state index is 12.5. The fourth-order valence-electron chi connectivity index (χ4n) is 2.26. The largest absolute Gasteiger partial charge is 0.497 e. The van der Waals surface area contributed by atoms with Crippen molar-refractivity contribution in [2.45, 2.75) is 6.42 Å². The third-order valence-electron chi connectivity index (χ3n) is 3.28. The van der Waals surface area contributed by atoms with E-state index in [4.69, 9.17) is 4.74 Å². The Morgan fingerprint density at radius 3 is 2.85 bits per heavy atom. The van der Waals surface area contributed by atoms with Crippen LogP contribution in [0.5, 0.6) is 5.75 Å². The Hall–Kier alpha value is -2.13. The van der Waals surface area contributed by atoms with Crippen LogP contribution in [0.15, 0.2) is 53.9 Å². The second kappa shape index (κ2) is 5.47. The fourth-order valence-corrected chi connectivity index (χ4v) is 3.22. The molecule has 3 heteroatoms. The molecule has 0 aliphatic carbocycles. The third kappa shape index (κ3) is 2.45. The lowest BCUT2D eigenvalue weighted by atomic mass is 10.0. The first-order valence-corrected chi connectivity index (χ1v) is 7.28. The van der Waals surface area contributed by atoms with E-state index in [0.717, 1.165) is 27.0 Å². The van der Waals surface area contributed by atoms with Gasteiger partial charge < -0.3 is 4.74 Å². The normalized spacial score (nSPS) is 10.7. The van der Waals surface area contributed by atoms with Crippen molar-refractivity contribution in [3.05, 3.63) is 65.0 Å². The number of ketones is 1. The highest BCUT2D eigenvalue weighted by Crippen LogP contribution is 2.27. The summed E-state index contributed by atoms with van der Waals surface area (Å²) in [5, 5.41) is 3.00. The third-order valence-corrected chi connectivity index (χ3v) is 4.24. The quantitative estimate of drug-likeness (QED) is 0.666. The molecule has 3 rings (SSSR count). The van der Waals surface area contributed by atoms with Crippen LogP contribution < -0.4 is 4.74 Å². The number of rotatable bonds is 4. The molecule has 100 valence electrons. The van der Waals surface area contributed by atoms with Crippen LogP contribution in [-0.4, -0.2) is 12.9 Å². The molecule has 2 nitrogen and oxygen atoms in total. The van der Waals surface area contributed by atoms with Crippen molar-refractivity contribution in [1.82, 2.24) is 0 Å². The van der Waals surface area contributed by atoms with Crippen molar-refractivity contribution in [3.63, 3.8) is 0 Å². The summed E-state index contributed by atoms with van der Waals surface area (Å²) in [6.45, 7) is 0. The van der Waals surface area contributed by atoms with Crippen molar-refractivity contribution in [3.8, 4) is 5.75 Å². The molecule has 1 heterocycles. The molecule has 20 heavy (non-hydrogen) atoms. The van der Waals surface area contributed by atoms with Gasteiger partial charge in [-0.3, -0.25) is 4.79 Å². The first-order chi connectivity index (χ1) is 9.78. The molecule has 0 N–H and O–H groups in total. The Balaban J connectivity index is 1.89. The number of methoxy groups -OCH3 is 1. The van der Waals surface area contributed by atoms with Crippen LogP contribution in [0, 0.1) is 0 Å². The van der Waals surface area contributed by atoms with Crippen molar-refractivity contribution in [1.29, 1.82) is 0 Å². The molecule has 1 aromatic heterocycles. The van der Waals surface area contributed by atoms with E-state index in [-0.39, 0.29) is 5.78 Å². The number of benzene rings is 2. The van der Waals surface area contributed by atoms with Gasteiger partial charge in [0.15, 0.2) is 5.78 Å². The van der Waals surface area contributed by atoms with Crippen molar-refractivity contribution >= 4 is 27.2 Å². The average molecular weight is 282 g/mol. The summed E-state index contributed by atoms with van der Waals surface area (Å²) in [7, 11) is 1.63. The van der Waals surface area contributed by atoms with Gasteiger partial charge in [-0.1, -0.05) is 30.3 Å². The van der Waals surface area contributed by atoms with Gasteiger partial charge in [0, 0.05) is 27.5 Å². The molecule has 0 amide bonds. The van der Waals surface area contributed by atoms with Crippen LogP contribution in [0.3, 0.4) is 0 Å². The fraction of sp³-hybridized carbons (Fsp3) is 0.118. The molecule has 0 spiro atoms. The van der Waals surface area contributed by atoms with Gasteiger partial charge in [0.05, 0.1) is 7.11 Å². The van der Waals surface area contributed by atoms with Crippen molar-refractivity contribution in [2.75, 3.05) is 7.11 Å². The second-order valence-electron chi connectivity index (χ2n) is 4.60. The molecule has 0 saturated carbocycles. The van der Waals surface area contributed by atoms with E-state index in [1.54, 1.807) is 18.4 Å². The maximum Gasteiger partial charge on any atom is 0.168 e. The highest BCUT2D eigenvalue weighted by molar-refractivity contribution is 7.17. The average Bonchev–Trinajstić information content (AvgIpc) is 2.91. The van der Waals surface area contributed by atoms with E-state index < -0.39 is 0 Å². The minimum absolute atomic E-state index is 0.149. The Morgan fingerprint density at radius 2 is 2.00 bits per heavy atom. The summed E-state index contributed by atoms with van der Waals surface area (Å²) in [4.78, 5) is 12.5. The topological polar surface area (TPSA) is 26.3 Å². The molecule has 2 aromatic carbocycles. The molecule has 0 atom stereocenters. The van der Waals surface area contributed by atoms with Gasteiger partial charge in [0.1, 0.15) is 5.75 Å². The molecule has 0 saturated heterocycles. The summed E-state index contributed by atoms with van der Waals surface area (Å²) in [5.41, 5.74) is 1.79. The SMILES string of the molecule is COc1cccc(CC(=O)c2csc3ccccc23)c1. The van der Waals surface area contributed by atoms with Gasteiger partial charge in [-0.25, -0.2) is 0 Å². The first kappa shape index (κ1) is 12.9. The van der Waals surface area contributed by atoms with E-state index in [1.165, 1.54) is 0 Å². The predicted octanol–water partition coefficient (Wildman–Crippen LogP) is 4.34. The van der Waals surface area contributed by atoms with Crippen LogP contribution in [0.25, 0.3) is 10.1 Å². The zero-order chi connectivity index (χ0) is 13.9. The molecule has 0 radical (unpaired) electrons.